The van der Waals surface area contributed by atoms with Crippen LogP contribution in [0, 0.1) is 5.92 Å². The van der Waals surface area contributed by atoms with Crippen LogP contribution in [-0.4, -0.2) is 13.7 Å². The fourth-order valence-electron chi connectivity index (χ4n) is 2.22. The summed E-state index contributed by atoms with van der Waals surface area (Å²) in [6.45, 7) is 4.80. The first-order valence-electron chi connectivity index (χ1n) is 6.42. The topological polar surface area (TPSA) is 18.5 Å². The molecule has 18 heavy (non-hydrogen) atoms. The summed E-state index contributed by atoms with van der Waals surface area (Å²) < 4.78 is 10.8. The molecule has 2 rings (SSSR count). The van der Waals surface area contributed by atoms with Crippen molar-refractivity contribution in [3.8, 4) is 5.75 Å². The smallest absolute Gasteiger partial charge is 0.126 e. The van der Waals surface area contributed by atoms with Crippen molar-refractivity contribution in [2.45, 2.75) is 19.3 Å². The van der Waals surface area contributed by atoms with Gasteiger partial charge in [0.05, 0.1) is 19.5 Å². The summed E-state index contributed by atoms with van der Waals surface area (Å²) in [4.78, 5) is 0. The fraction of sp³-hybridized carbons (Fsp3) is 0.375. The lowest BCUT2D eigenvalue weighted by Gasteiger charge is -2.23. The first-order valence-corrected chi connectivity index (χ1v) is 6.42. The minimum absolute atomic E-state index is 0.463. The predicted octanol–water partition coefficient (Wildman–Crippen LogP) is 4.04. The molecule has 0 amide bonds. The number of para-hydroxylation sites is 1. The number of allylic oxidation sites excluding steroid dienone is 2. The highest BCUT2D eigenvalue weighted by atomic mass is 16.5. The van der Waals surface area contributed by atoms with Crippen molar-refractivity contribution < 1.29 is 9.47 Å². The van der Waals surface area contributed by atoms with E-state index in [1.165, 1.54) is 6.42 Å². The van der Waals surface area contributed by atoms with Crippen molar-refractivity contribution in [2.24, 2.45) is 5.92 Å². The summed E-state index contributed by atoms with van der Waals surface area (Å²) in [5, 5.41) is 0. The first-order chi connectivity index (χ1) is 8.81. The van der Waals surface area contributed by atoms with Gasteiger partial charge in [0.15, 0.2) is 0 Å². The Morgan fingerprint density at radius 2 is 2.28 bits per heavy atom. The molecule has 0 N–H and O–H groups in total. The minimum Gasteiger partial charge on any atom is -0.498 e. The lowest BCUT2D eigenvalue weighted by atomic mass is 9.95. The molecule has 1 aliphatic heterocycles. The standard InChI is InChI=1S/C16H20O2/c1-13-14(10-6-12-18-13)8-5-9-15-7-3-4-11-16(15)17-2/h3-5,7,9,11,14H,1,6,8,10,12H2,2H3/b9-5+. The molecule has 0 saturated carbocycles. The zero-order valence-corrected chi connectivity index (χ0v) is 10.9. The second kappa shape index (κ2) is 6.29. The van der Waals surface area contributed by atoms with Gasteiger partial charge in [-0.25, -0.2) is 0 Å². The van der Waals surface area contributed by atoms with Crippen LogP contribution in [0.4, 0.5) is 0 Å². The molecule has 0 bridgehead atoms. The van der Waals surface area contributed by atoms with Crippen molar-refractivity contribution in [1.82, 2.24) is 0 Å². The second-order valence-electron chi connectivity index (χ2n) is 4.53. The lowest BCUT2D eigenvalue weighted by Crippen LogP contribution is -2.13. The van der Waals surface area contributed by atoms with Crippen LogP contribution in [0.1, 0.15) is 24.8 Å². The van der Waals surface area contributed by atoms with Gasteiger partial charge >= 0.3 is 0 Å². The molecule has 1 atom stereocenters. The number of rotatable bonds is 4. The van der Waals surface area contributed by atoms with Crippen LogP contribution in [0.3, 0.4) is 0 Å². The normalized spacial score (nSPS) is 19.8. The monoisotopic (exact) mass is 244 g/mol. The van der Waals surface area contributed by atoms with E-state index >= 15 is 0 Å². The van der Waals surface area contributed by atoms with E-state index < -0.39 is 0 Å². The minimum atomic E-state index is 0.463. The Morgan fingerprint density at radius 1 is 1.44 bits per heavy atom. The number of hydrogen-bond acceptors (Lipinski definition) is 2. The maximum Gasteiger partial charge on any atom is 0.126 e. The highest BCUT2D eigenvalue weighted by Crippen LogP contribution is 2.27. The van der Waals surface area contributed by atoms with Crippen molar-refractivity contribution in [1.29, 1.82) is 0 Å². The zero-order chi connectivity index (χ0) is 12.8. The third kappa shape index (κ3) is 3.16. The lowest BCUT2D eigenvalue weighted by molar-refractivity contribution is 0.130. The van der Waals surface area contributed by atoms with E-state index in [-0.39, 0.29) is 0 Å². The number of ether oxygens (including phenoxy) is 2. The molecule has 1 saturated heterocycles. The Hall–Kier alpha value is -1.70. The highest BCUT2D eigenvalue weighted by molar-refractivity contribution is 5.57. The number of methoxy groups -OCH3 is 1. The third-order valence-electron chi connectivity index (χ3n) is 3.30. The Kier molecular flexibility index (Phi) is 4.46. The SMILES string of the molecule is C=C1OCCCC1C/C=C/c1ccccc1OC. The van der Waals surface area contributed by atoms with Crippen LogP contribution in [0.25, 0.3) is 6.08 Å². The van der Waals surface area contributed by atoms with E-state index in [9.17, 15) is 0 Å². The number of benzene rings is 1. The van der Waals surface area contributed by atoms with Gasteiger partial charge in [-0.05, 0) is 25.3 Å². The van der Waals surface area contributed by atoms with Gasteiger partial charge in [0.2, 0.25) is 0 Å². The molecule has 0 aromatic heterocycles. The molecule has 2 nitrogen and oxygen atoms in total. The van der Waals surface area contributed by atoms with Crippen LogP contribution in [0.5, 0.6) is 5.75 Å². The van der Waals surface area contributed by atoms with E-state index in [2.05, 4.69) is 24.8 Å². The first kappa shape index (κ1) is 12.7. The van der Waals surface area contributed by atoms with Crippen LogP contribution in [-0.2, 0) is 4.74 Å². The molecule has 0 aliphatic carbocycles. The van der Waals surface area contributed by atoms with E-state index in [0.29, 0.717) is 5.92 Å². The van der Waals surface area contributed by atoms with Crippen LogP contribution >= 0.6 is 0 Å². The summed E-state index contributed by atoms with van der Waals surface area (Å²) in [6.07, 6.45) is 7.58. The van der Waals surface area contributed by atoms with Gasteiger partial charge in [-0.1, -0.05) is 36.9 Å². The molecule has 0 spiro atoms. The van der Waals surface area contributed by atoms with Crippen LogP contribution in [0.15, 0.2) is 42.7 Å². The maximum absolute atomic E-state index is 5.49. The van der Waals surface area contributed by atoms with Crippen LogP contribution < -0.4 is 4.74 Å². The molecule has 1 unspecified atom stereocenters. The summed E-state index contributed by atoms with van der Waals surface area (Å²) in [7, 11) is 1.70. The molecule has 1 aromatic carbocycles. The molecule has 1 aliphatic rings. The highest BCUT2D eigenvalue weighted by Gasteiger charge is 2.16. The molecule has 1 fully saturated rings. The predicted molar refractivity (Wildman–Crippen MR) is 74.5 cm³/mol. The van der Waals surface area contributed by atoms with Gasteiger partial charge in [0, 0.05) is 11.5 Å². The molecular formula is C16H20O2. The van der Waals surface area contributed by atoms with Gasteiger partial charge in [0.1, 0.15) is 5.75 Å². The second-order valence-corrected chi connectivity index (χ2v) is 4.53. The van der Waals surface area contributed by atoms with E-state index in [0.717, 1.165) is 36.5 Å². The largest absolute Gasteiger partial charge is 0.498 e. The van der Waals surface area contributed by atoms with Crippen molar-refractivity contribution in [3.63, 3.8) is 0 Å². The molecule has 1 aromatic rings. The molecular weight excluding hydrogens is 224 g/mol. The van der Waals surface area contributed by atoms with E-state index in [1.54, 1.807) is 7.11 Å². The number of hydrogen-bond donors (Lipinski definition) is 0. The summed E-state index contributed by atoms with van der Waals surface area (Å²) in [5.41, 5.74) is 1.11. The quantitative estimate of drug-likeness (QED) is 0.795. The van der Waals surface area contributed by atoms with Gasteiger partial charge in [0.25, 0.3) is 0 Å². The Labute approximate surface area is 109 Å². The van der Waals surface area contributed by atoms with Gasteiger partial charge in [-0.2, -0.15) is 0 Å². The average Bonchev–Trinajstić information content (AvgIpc) is 2.41. The van der Waals surface area contributed by atoms with Gasteiger partial charge in [-0.3, -0.25) is 0 Å². The van der Waals surface area contributed by atoms with Crippen molar-refractivity contribution in [2.75, 3.05) is 13.7 Å². The van der Waals surface area contributed by atoms with Crippen molar-refractivity contribution in [3.05, 3.63) is 48.2 Å². The molecule has 96 valence electrons. The third-order valence-corrected chi connectivity index (χ3v) is 3.30. The van der Waals surface area contributed by atoms with Crippen molar-refractivity contribution >= 4 is 6.08 Å². The molecule has 1 heterocycles. The van der Waals surface area contributed by atoms with E-state index in [1.807, 2.05) is 18.2 Å². The Morgan fingerprint density at radius 3 is 3.06 bits per heavy atom. The zero-order valence-electron chi connectivity index (χ0n) is 10.9. The van der Waals surface area contributed by atoms with Gasteiger partial charge in [-0.15, -0.1) is 0 Å². The molecule has 2 heteroatoms. The average molecular weight is 244 g/mol. The van der Waals surface area contributed by atoms with Gasteiger partial charge < -0.3 is 9.47 Å². The summed E-state index contributed by atoms with van der Waals surface area (Å²) in [5.74, 6) is 2.31. The fourth-order valence-corrected chi connectivity index (χ4v) is 2.22. The van der Waals surface area contributed by atoms with E-state index in [4.69, 9.17) is 9.47 Å². The summed E-state index contributed by atoms with van der Waals surface area (Å²) >= 11 is 0. The Bertz CT molecular complexity index is 434. The van der Waals surface area contributed by atoms with Crippen LogP contribution in [0.2, 0.25) is 0 Å². The Balaban J connectivity index is 1.96. The molecule has 0 radical (unpaired) electrons. The summed E-state index contributed by atoms with van der Waals surface area (Å²) in [6, 6.07) is 8.03. The maximum atomic E-state index is 5.49.